The lowest BCUT2D eigenvalue weighted by atomic mass is 10.0. The van der Waals surface area contributed by atoms with Gasteiger partial charge in [-0.1, -0.05) is 64.6 Å². The molecule has 6 nitrogen and oxygen atoms in total. The molecule has 0 saturated carbocycles. The number of anilines is 1. The summed E-state index contributed by atoms with van der Waals surface area (Å²) in [6.45, 7) is 6.24. The van der Waals surface area contributed by atoms with Crippen LogP contribution >= 0.6 is 58.6 Å². The fourth-order valence-electron chi connectivity index (χ4n) is 3.99. The van der Waals surface area contributed by atoms with Crippen molar-refractivity contribution >= 4 is 87.3 Å². The summed E-state index contributed by atoms with van der Waals surface area (Å²) in [6, 6.07) is 13.5. The Kier molecular flexibility index (Phi) is 9.77. The molecule has 0 radical (unpaired) electrons. The Labute approximate surface area is 257 Å². The molecule has 0 aliphatic carbocycles. The first kappa shape index (κ1) is 29.9. The number of benzene rings is 3. The smallest absolute Gasteiger partial charge is 0.270 e. The highest BCUT2D eigenvalue weighted by atomic mass is 35.5. The second-order valence-corrected chi connectivity index (χ2v) is 10.5. The predicted molar refractivity (Wildman–Crippen MR) is 165 cm³/mol. The van der Waals surface area contributed by atoms with Crippen molar-refractivity contribution in [1.29, 1.82) is 0 Å². The number of allylic oxidation sites excluding steroid dienone is 1. The van der Waals surface area contributed by atoms with Crippen molar-refractivity contribution < 1.29 is 19.1 Å². The molecule has 3 aromatic rings. The summed E-state index contributed by atoms with van der Waals surface area (Å²) in [4.78, 5) is 27.5. The number of amides is 2. The minimum absolute atomic E-state index is 0.107. The van der Waals surface area contributed by atoms with E-state index in [-0.39, 0.29) is 33.0 Å². The van der Waals surface area contributed by atoms with Crippen LogP contribution in [0.5, 0.6) is 11.5 Å². The van der Waals surface area contributed by atoms with E-state index in [2.05, 4.69) is 11.9 Å². The summed E-state index contributed by atoms with van der Waals surface area (Å²) in [5.74, 6) is -0.362. The van der Waals surface area contributed by atoms with Gasteiger partial charge in [0.1, 0.15) is 12.2 Å². The number of nitrogens with one attached hydrogen (secondary N) is 1. The number of rotatable bonds is 9. The average molecular weight is 636 g/mol. The summed E-state index contributed by atoms with van der Waals surface area (Å²) in [5, 5.41) is 3.68. The molecule has 4 rings (SSSR count). The molecule has 11 heteroatoms. The molecule has 1 saturated heterocycles. The Balaban J connectivity index is 1.73. The number of hydrogen-bond acceptors (Lipinski definition) is 5. The molecule has 1 fully saturated rings. The average Bonchev–Trinajstić information content (AvgIpc) is 2.90. The zero-order valence-electron chi connectivity index (χ0n) is 21.1. The third kappa shape index (κ3) is 6.45. The topological polar surface area (TPSA) is 67.9 Å². The van der Waals surface area contributed by atoms with Gasteiger partial charge in [0.25, 0.3) is 11.8 Å². The molecule has 40 heavy (non-hydrogen) atoms. The Morgan fingerprint density at radius 1 is 1.00 bits per heavy atom. The van der Waals surface area contributed by atoms with Crippen LogP contribution in [0.15, 0.2) is 66.8 Å². The summed E-state index contributed by atoms with van der Waals surface area (Å²) in [7, 11) is 0. The van der Waals surface area contributed by atoms with E-state index < -0.39 is 11.8 Å². The number of nitrogens with zero attached hydrogens (tertiary/aromatic N) is 1. The summed E-state index contributed by atoms with van der Waals surface area (Å²) >= 11 is 30.0. The van der Waals surface area contributed by atoms with Gasteiger partial charge in [0.05, 0.1) is 32.4 Å². The van der Waals surface area contributed by atoms with Crippen molar-refractivity contribution in [2.45, 2.75) is 20.0 Å². The van der Waals surface area contributed by atoms with Gasteiger partial charge < -0.3 is 9.47 Å². The molecule has 0 spiro atoms. The van der Waals surface area contributed by atoms with Crippen LogP contribution in [0.1, 0.15) is 23.6 Å². The largest absolute Gasteiger partial charge is 0.490 e. The minimum atomic E-state index is -0.652. The monoisotopic (exact) mass is 634 g/mol. The molecule has 0 atom stereocenters. The van der Waals surface area contributed by atoms with Gasteiger partial charge in [0.15, 0.2) is 16.6 Å². The molecule has 2 amide bonds. The van der Waals surface area contributed by atoms with Crippen LogP contribution in [0.25, 0.3) is 6.08 Å². The maximum Gasteiger partial charge on any atom is 0.270 e. The Hall–Kier alpha value is -3.07. The standard InChI is InChI=1S/C29H22Cl4N2O4S/c1-3-6-18-11-17(14-24(38-4-2)26(18)39-15-16-9-10-20(30)22(32)13-16)12-19-27(36)34-29(40)35(28(19)37)23-8-5-7-21(31)25(23)33/h3,5,7-14H,1,4,6,15H2,2H3,(H,34,36,40)/b19-12+. The van der Waals surface area contributed by atoms with Crippen LogP contribution in [-0.2, 0) is 22.6 Å². The van der Waals surface area contributed by atoms with Gasteiger partial charge in [0.2, 0.25) is 0 Å². The molecule has 0 bridgehead atoms. The van der Waals surface area contributed by atoms with Crippen molar-refractivity contribution in [3.05, 3.63) is 104 Å². The second-order valence-electron chi connectivity index (χ2n) is 8.50. The number of halogens is 4. The van der Waals surface area contributed by atoms with Gasteiger partial charge in [-0.2, -0.15) is 0 Å². The van der Waals surface area contributed by atoms with Crippen molar-refractivity contribution in [2.75, 3.05) is 11.5 Å². The lowest BCUT2D eigenvalue weighted by molar-refractivity contribution is -0.122. The molecule has 1 aliphatic heterocycles. The van der Waals surface area contributed by atoms with Gasteiger partial charge in [-0.05, 0) is 79.2 Å². The normalized spacial score (nSPS) is 14.4. The van der Waals surface area contributed by atoms with Gasteiger partial charge in [-0.25, -0.2) is 0 Å². The maximum absolute atomic E-state index is 13.5. The molecule has 1 heterocycles. The molecule has 206 valence electrons. The summed E-state index contributed by atoms with van der Waals surface area (Å²) in [5.41, 5.74) is 2.19. The van der Waals surface area contributed by atoms with Crippen LogP contribution in [0, 0.1) is 0 Å². The quantitative estimate of drug-likeness (QED) is 0.112. The van der Waals surface area contributed by atoms with E-state index in [0.717, 1.165) is 16.0 Å². The van der Waals surface area contributed by atoms with Crippen LogP contribution in [0.4, 0.5) is 5.69 Å². The Bertz CT molecular complexity index is 1560. The van der Waals surface area contributed by atoms with Crippen molar-refractivity contribution in [3.8, 4) is 11.5 Å². The molecule has 1 N–H and O–H groups in total. The molecule has 1 aliphatic rings. The van der Waals surface area contributed by atoms with E-state index in [1.165, 1.54) is 6.08 Å². The third-order valence-corrected chi connectivity index (χ3v) is 7.60. The minimum Gasteiger partial charge on any atom is -0.490 e. The van der Waals surface area contributed by atoms with Crippen molar-refractivity contribution in [1.82, 2.24) is 5.32 Å². The number of ether oxygens (including phenoxy) is 2. The van der Waals surface area contributed by atoms with E-state index in [4.69, 9.17) is 68.1 Å². The molecular weight excluding hydrogens is 614 g/mol. The lowest BCUT2D eigenvalue weighted by Crippen LogP contribution is -2.54. The van der Waals surface area contributed by atoms with E-state index in [0.29, 0.717) is 40.1 Å². The summed E-state index contributed by atoms with van der Waals surface area (Å²) < 4.78 is 12.1. The van der Waals surface area contributed by atoms with Crippen molar-refractivity contribution in [3.63, 3.8) is 0 Å². The fraction of sp³-hybridized carbons (Fsp3) is 0.138. The maximum atomic E-state index is 13.5. The highest BCUT2D eigenvalue weighted by Gasteiger charge is 2.36. The van der Waals surface area contributed by atoms with E-state index in [1.54, 1.807) is 48.5 Å². The molecule has 3 aromatic carbocycles. The second kappa shape index (κ2) is 13.1. The first-order valence-corrected chi connectivity index (χ1v) is 13.9. The SMILES string of the molecule is C=CCc1cc(/C=C2\C(=O)NC(=S)N(c3cccc(Cl)c3Cl)C2=O)cc(OCC)c1OCc1ccc(Cl)c(Cl)c1. The van der Waals surface area contributed by atoms with Gasteiger partial charge in [-0.3, -0.25) is 19.8 Å². The number of carbonyl (C=O) groups is 2. The van der Waals surface area contributed by atoms with E-state index in [9.17, 15) is 9.59 Å². The van der Waals surface area contributed by atoms with Crippen molar-refractivity contribution in [2.24, 2.45) is 0 Å². The first-order valence-electron chi connectivity index (χ1n) is 12.0. The molecule has 0 aromatic heterocycles. The van der Waals surface area contributed by atoms with Gasteiger partial charge >= 0.3 is 0 Å². The Morgan fingerprint density at radius 2 is 1.77 bits per heavy atom. The van der Waals surface area contributed by atoms with Crippen LogP contribution in [-0.4, -0.2) is 23.5 Å². The zero-order valence-corrected chi connectivity index (χ0v) is 24.9. The molecule has 0 unspecified atom stereocenters. The van der Waals surface area contributed by atoms with Gasteiger partial charge in [0, 0.05) is 5.56 Å². The highest BCUT2D eigenvalue weighted by Crippen LogP contribution is 2.37. The molecular formula is C29H22Cl4N2O4S. The first-order chi connectivity index (χ1) is 19.1. The van der Waals surface area contributed by atoms with E-state index in [1.807, 2.05) is 13.0 Å². The third-order valence-electron chi connectivity index (χ3n) is 5.77. The fourth-order valence-corrected chi connectivity index (χ4v) is 4.97. The lowest BCUT2D eigenvalue weighted by Gasteiger charge is -2.29. The number of carbonyl (C=O) groups excluding carboxylic acids is 2. The Morgan fingerprint density at radius 3 is 2.48 bits per heavy atom. The van der Waals surface area contributed by atoms with Crippen LogP contribution in [0.3, 0.4) is 0 Å². The predicted octanol–water partition coefficient (Wildman–Crippen LogP) is 7.84. The van der Waals surface area contributed by atoms with E-state index >= 15 is 0 Å². The van der Waals surface area contributed by atoms with Gasteiger partial charge in [-0.15, -0.1) is 6.58 Å². The number of thiocarbonyl (C=S) groups is 1. The zero-order chi connectivity index (χ0) is 29.0. The van der Waals surface area contributed by atoms with Crippen LogP contribution in [0.2, 0.25) is 20.1 Å². The van der Waals surface area contributed by atoms with Crippen LogP contribution < -0.4 is 19.7 Å². The number of hydrogen-bond donors (Lipinski definition) is 1. The summed E-state index contributed by atoms with van der Waals surface area (Å²) in [6.07, 6.45) is 3.61. The highest BCUT2D eigenvalue weighted by molar-refractivity contribution is 7.80.